The molecule has 1 aliphatic heterocycles. The molecule has 94 valence electrons. The molecule has 4 nitrogen and oxygen atoms in total. The summed E-state index contributed by atoms with van der Waals surface area (Å²) in [6.45, 7) is 1.06. The van der Waals surface area contributed by atoms with Gasteiger partial charge < -0.3 is 9.64 Å². The third-order valence-corrected chi connectivity index (χ3v) is 3.45. The van der Waals surface area contributed by atoms with Gasteiger partial charge in [0.15, 0.2) is 0 Å². The third-order valence-electron chi connectivity index (χ3n) is 3.18. The van der Waals surface area contributed by atoms with Gasteiger partial charge in [-0.25, -0.2) is 9.97 Å². The molecule has 1 fully saturated rings. The number of aromatic nitrogens is 2. The maximum absolute atomic E-state index is 5.76. The van der Waals surface area contributed by atoms with Crippen LogP contribution in [0.1, 0.15) is 25.7 Å². The van der Waals surface area contributed by atoms with Gasteiger partial charge in [0.1, 0.15) is 12.1 Å². The molecule has 0 amide bonds. The fourth-order valence-electron chi connectivity index (χ4n) is 2.35. The van der Waals surface area contributed by atoms with Gasteiger partial charge in [0.05, 0.1) is 7.11 Å². The van der Waals surface area contributed by atoms with Crippen molar-refractivity contribution in [2.75, 3.05) is 24.4 Å². The maximum Gasteiger partial charge on any atom is 0.218 e. The normalized spacial score (nSPS) is 19.6. The molecule has 1 atom stereocenters. The quantitative estimate of drug-likeness (QED) is 0.758. The van der Waals surface area contributed by atoms with E-state index < -0.39 is 0 Å². The van der Waals surface area contributed by atoms with Crippen LogP contribution >= 0.6 is 11.6 Å². The molecule has 0 aromatic carbocycles. The molecule has 1 aliphatic rings. The third kappa shape index (κ3) is 3.00. The van der Waals surface area contributed by atoms with E-state index in [0.29, 0.717) is 11.9 Å². The summed E-state index contributed by atoms with van der Waals surface area (Å²) < 4.78 is 5.13. The Kier molecular flexibility index (Phi) is 4.42. The smallest absolute Gasteiger partial charge is 0.218 e. The second kappa shape index (κ2) is 6.05. The summed E-state index contributed by atoms with van der Waals surface area (Å²) in [4.78, 5) is 10.7. The van der Waals surface area contributed by atoms with Crippen molar-refractivity contribution in [3.05, 3.63) is 12.4 Å². The number of nitrogens with zero attached hydrogens (tertiary/aromatic N) is 3. The molecule has 0 spiro atoms. The van der Waals surface area contributed by atoms with E-state index >= 15 is 0 Å². The van der Waals surface area contributed by atoms with Crippen LogP contribution in [-0.2, 0) is 0 Å². The molecule has 1 aromatic rings. The van der Waals surface area contributed by atoms with E-state index in [4.69, 9.17) is 16.3 Å². The molecular weight excluding hydrogens is 238 g/mol. The number of anilines is 1. The highest BCUT2D eigenvalue weighted by molar-refractivity contribution is 6.17. The van der Waals surface area contributed by atoms with E-state index in [0.717, 1.165) is 31.1 Å². The Morgan fingerprint density at radius 2 is 2.41 bits per heavy atom. The molecule has 0 N–H and O–H groups in total. The van der Waals surface area contributed by atoms with Crippen molar-refractivity contribution in [1.29, 1.82) is 0 Å². The highest BCUT2D eigenvalue weighted by Gasteiger charge is 2.25. The summed E-state index contributed by atoms with van der Waals surface area (Å²) in [5.41, 5.74) is 0. The average molecular weight is 256 g/mol. The van der Waals surface area contributed by atoms with Crippen molar-refractivity contribution in [1.82, 2.24) is 9.97 Å². The molecule has 0 bridgehead atoms. The second-order valence-electron chi connectivity index (χ2n) is 4.24. The minimum absolute atomic E-state index is 0.563. The predicted octanol–water partition coefficient (Wildman–Crippen LogP) is 2.47. The van der Waals surface area contributed by atoms with E-state index in [9.17, 15) is 0 Å². The number of hydrogen-bond acceptors (Lipinski definition) is 4. The topological polar surface area (TPSA) is 38.2 Å². The van der Waals surface area contributed by atoms with E-state index in [-0.39, 0.29) is 0 Å². The lowest BCUT2D eigenvalue weighted by Crippen LogP contribution is -2.30. The summed E-state index contributed by atoms with van der Waals surface area (Å²) in [5, 5.41) is 0. The lowest BCUT2D eigenvalue weighted by molar-refractivity contribution is 0.396. The lowest BCUT2D eigenvalue weighted by Gasteiger charge is -2.25. The van der Waals surface area contributed by atoms with Crippen molar-refractivity contribution < 1.29 is 4.74 Å². The van der Waals surface area contributed by atoms with Gasteiger partial charge in [-0.1, -0.05) is 0 Å². The SMILES string of the molecule is COc1cc(N2CCCC2CCCCl)ncn1. The lowest BCUT2D eigenvalue weighted by atomic mass is 10.1. The number of halogens is 1. The van der Waals surface area contributed by atoms with Crippen molar-refractivity contribution in [3.63, 3.8) is 0 Å². The molecule has 2 rings (SSSR count). The zero-order valence-electron chi connectivity index (χ0n) is 10.1. The van der Waals surface area contributed by atoms with Crippen LogP contribution in [0.15, 0.2) is 12.4 Å². The van der Waals surface area contributed by atoms with Gasteiger partial charge >= 0.3 is 0 Å². The Morgan fingerprint density at radius 1 is 1.53 bits per heavy atom. The van der Waals surface area contributed by atoms with Gasteiger partial charge in [0.25, 0.3) is 0 Å². The highest BCUT2D eigenvalue weighted by Crippen LogP contribution is 2.27. The Morgan fingerprint density at radius 3 is 3.18 bits per heavy atom. The van der Waals surface area contributed by atoms with Gasteiger partial charge in [-0.3, -0.25) is 0 Å². The number of rotatable bonds is 5. The first-order chi connectivity index (χ1) is 8.35. The van der Waals surface area contributed by atoms with Crippen LogP contribution in [0.3, 0.4) is 0 Å². The first kappa shape index (κ1) is 12.4. The van der Waals surface area contributed by atoms with Crippen molar-refractivity contribution in [3.8, 4) is 5.88 Å². The molecule has 1 unspecified atom stereocenters. The van der Waals surface area contributed by atoms with Crippen molar-refractivity contribution in [2.45, 2.75) is 31.7 Å². The number of alkyl halides is 1. The monoisotopic (exact) mass is 255 g/mol. The van der Waals surface area contributed by atoms with Crippen LogP contribution in [0.25, 0.3) is 0 Å². The fourth-order valence-corrected chi connectivity index (χ4v) is 2.50. The van der Waals surface area contributed by atoms with Crippen LogP contribution in [0.5, 0.6) is 5.88 Å². The molecule has 1 saturated heterocycles. The predicted molar refractivity (Wildman–Crippen MR) is 68.9 cm³/mol. The van der Waals surface area contributed by atoms with Gasteiger partial charge in [-0.15, -0.1) is 11.6 Å². The van der Waals surface area contributed by atoms with E-state index in [1.807, 2.05) is 6.07 Å². The number of methoxy groups -OCH3 is 1. The highest BCUT2D eigenvalue weighted by atomic mass is 35.5. The molecule has 0 saturated carbocycles. The summed E-state index contributed by atoms with van der Waals surface area (Å²) in [5.74, 6) is 2.32. The van der Waals surface area contributed by atoms with Gasteiger partial charge in [-0.2, -0.15) is 0 Å². The molecule has 5 heteroatoms. The molecular formula is C12H18ClN3O. The minimum atomic E-state index is 0.563. The van der Waals surface area contributed by atoms with E-state index in [1.54, 1.807) is 13.4 Å². The van der Waals surface area contributed by atoms with Gasteiger partial charge in [0, 0.05) is 24.5 Å². The van der Waals surface area contributed by atoms with Gasteiger partial charge in [0.2, 0.25) is 5.88 Å². The second-order valence-corrected chi connectivity index (χ2v) is 4.62. The summed E-state index contributed by atoms with van der Waals surface area (Å²) >= 11 is 5.76. The number of hydrogen-bond donors (Lipinski definition) is 0. The molecule has 2 heterocycles. The average Bonchev–Trinajstić information content (AvgIpc) is 2.84. The zero-order chi connectivity index (χ0) is 12.1. The van der Waals surface area contributed by atoms with Crippen molar-refractivity contribution >= 4 is 17.4 Å². The van der Waals surface area contributed by atoms with E-state index in [1.165, 1.54) is 12.8 Å². The van der Waals surface area contributed by atoms with Crippen molar-refractivity contribution in [2.24, 2.45) is 0 Å². The number of ether oxygens (including phenoxy) is 1. The Labute approximate surface area is 107 Å². The first-order valence-electron chi connectivity index (χ1n) is 6.04. The minimum Gasteiger partial charge on any atom is -0.481 e. The summed E-state index contributed by atoms with van der Waals surface area (Å²) in [6.07, 6.45) is 6.20. The molecule has 17 heavy (non-hydrogen) atoms. The van der Waals surface area contributed by atoms with Gasteiger partial charge in [-0.05, 0) is 25.7 Å². The molecule has 0 aliphatic carbocycles. The van der Waals surface area contributed by atoms with E-state index in [2.05, 4.69) is 14.9 Å². The largest absolute Gasteiger partial charge is 0.481 e. The molecule has 1 aromatic heterocycles. The Balaban J connectivity index is 2.08. The summed E-state index contributed by atoms with van der Waals surface area (Å²) in [6, 6.07) is 2.47. The van der Waals surface area contributed by atoms with Crippen LogP contribution in [0, 0.1) is 0 Å². The van der Waals surface area contributed by atoms with Crippen LogP contribution < -0.4 is 9.64 Å². The van der Waals surface area contributed by atoms with Crippen LogP contribution in [0.4, 0.5) is 5.82 Å². The standard InChI is InChI=1S/C12H18ClN3O/c1-17-12-8-11(14-9-15-12)16-7-3-5-10(16)4-2-6-13/h8-10H,2-7H2,1H3. The Bertz CT molecular complexity index is 361. The zero-order valence-corrected chi connectivity index (χ0v) is 10.9. The molecule has 0 radical (unpaired) electrons. The summed E-state index contributed by atoms with van der Waals surface area (Å²) in [7, 11) is 1.63. The first-order valence-corrected chi connectivity index (χ1v) is 6.57. The maximum atomic E-state index is 5.76. The van der Waals surface area contributed by atoms with Crippen LogP contribution in [-0.4, -0.2) is 35.5 Å². The fraction of sp³-hybridized carbons (Fsp3) is 0.667. The van der Waals surface area contributed by atoms with Crippen LogP contribution in [0.2, 0.25) is 0 Å². The Hall–Kier alpha value is -1.03.